The molecule has 3 rings (SSSR count). The maximum atomic E-state index is 13.1. The Morgan fingerprint density at radius 1 is 1.13 bits per heavy atom. The zero-order valence-corrected chi connectivity index (χ0v) is 18.3. The molecule has 1 heterocycles. The van der Waals surface area contributed by atoms with Crippen LogP contribution in [0.25, 0.3) is 0 Å². The van der Waals surface area contributed by atoms with Crippen molar-refractivity contribution in [1.82, 2.24) is 9.80 Å². The van der Waals surface area contributed by atoms with Crippen molar-refractivity contribution in [3.8, 4) is 5.75 Å². The first-order valence-electron chi connectivity index (χ1n) is 10.8. The second-order valence-corrected chi connectivity index (χ2v) is 7.91. The third-order valence-electron chi connectivity index (χ3n) is 5.89. The highest BCUT2D eigenvalue weighted by Gasteiger charge is 2.29. The fraction of sp³-hybridized carbons (Fsp3) is 0.440. The topological polar surface area (TPSA) is 49.9 Å². The van der Waals surface area contributed by atoms with E-state index in [1.807, 2.05) is 41.3 Å². The summed E-state index contributed by atoms with van der Waals surface area (Å²) in [6, 6.07) is 15.9. The molecule has 2 aromatic carbocycles. The van der Waals surface area contributed by atoms with Gasteiger partial charge in [-0.15, -0.1) is 0 Å². The predicted molar refractivity (Wildman–Crippen MR) is 118 cm³/mol. The lowest BCUT2D eigenvalue weighted by Gasteiger charge is -2.36. The number of carbonyl (C=O) groups is 2. The Labute approximate surface area is 179 Å². The normalized spacial score (nSPS) is 15.4. The number of amides is 2. The maximum absolute atomic E-state index is 13.1. The number of rotatable bonds is 8. The molecular weight excluding hydrogens is 376 g/mol. The molecule has 0 aliphatic carbocycles. The van der Waals surface area contributed by atoms with Gasteiger partial charge >= 0.3 is 0 Å². The average molecular weight is 409 g/mol. The van der Waals surface area contributed by atoms with Gasteiger partial charge in [0.25, 0.3) is 0 Å². The number of benzene rings is 2. The smallest absolute Gasteiger partial charge is 0.242 e. The summed E-state index contributed by atoms with van der Waals surface area (Å²) in [7, 11) is 1.62. The number of methoxy groups -OCH3 is 1. The van der Waals surface area contributed by atoms with E-state index in [0.29, 0.717) is 19.5 Å². The molecule has 1 aliphatic heterocycles. The summed E-state index contributed by atoms with van der Waals surface area (Å²) >= 11 is 0. The monoisotopic (exact) mass is 408 g/mol. The van der Waals surface area contributed by atoms with E-state index in [1.54, 1.807) is 12.0 Å². The molecule has 0 saturated heterocycles. The van der Waals surface area contributed by atoms with Gasteiger partial charge in [0.1, 0.15) is 5.75 Å². The highest BCUT2D eigenvalue weighted by atomic mass is 16.5. The number of fused-ring (bicyclic) bond motifs is 1. The van der Waals surface area contributed by atoms with Crippen molar-refractivity contribution in [3.63, 3.8) is 0 Å². The lowest BCUT2D eigenvalue weighted by Crippen LogP contribution is -2.46. The SMILES string of the molecule is CCCCN(CC(=O)N1CCc2ccccc2C1C)C(=O)Cc1ccc(OC)cc1. The first-order valence-corrected chi connectivity index (χ1v) is 10.8. The molecule has 0 spiro atoms. The van der Waals surface area contributed by atoms with Crippen LogP contribution < -0.4 is 4.74 Å². The molecule has 2 amide bonds. The fourth-order valence-corrected chi connectivity index (χ4v) is 4.04. The van der Waals surface area contributed by atoms with Gasteiger partial charge in [-0.05, 0) is 48.6 Å². The van der Waals surface area contributed by atoms with Crippen LogP contribution in [0.15, 0.2) is 48.5 Å². The summed E-state index contributed by atoms with van der Waals surface area (Å²) in [5.41, 5.74) is 3.45. The number of hydrogen-bond acceptors (Lipinski definition) is 3. The minimum Gasteiger partial charge on any atom is -0.497 e. The highest BCUT2D eigenvalue weighted by molar-refractivity contribution is 5.86. The van der Waals surface area contributed by atoms with Gasteiger partial charge in [-0.2, -0.15) is 0 Å². The van der Waals surface area contributed by atoms with Crippen molar-refractivity contribution in [2.45, 2.75) is 45.6 Å². The molecule has 1 unspecified atom stereocenters. The summed E-state index contributed by atoms with van der Waals surface area (Å²) in [4.78, 5) is 29.8. The van der Waals surface area contributed by atoms with Crippen LogP contribution in [-0.2, 0) is 22.4 Å². The Balaban J connectivity index is 1.67. The molecule has 0 fully saturated rings. The third kappa shape index (κ3) is 5.21. The molecule has 1 atom stereocenters. The number of nitrogens with zero attached hydrogens (tertiary/aromatic N) is 2. The standard InChI is InChI=1S/C25H32N2O3/c1-4-5-15-26(24(28)17-20-10-12-22(30-3)13-11-20)18-25(29)27-16-14-21-8-6-7-9-23(21)19(27)2/h6-13,19H,4-5,14-18H2,1-3H3. The molecule has 5 nitrogen and oxygen atoms in total. The van der Waals surface area contributed by atoms with Gasteiger partial charge in [-0.25, -0.2) is 0 Å². The lowest BCUT2D eigenvalue weighted by molar-refractivity contribution is -0.141. The molecule has 0 saturated carbocycles. The Kier molecular flexibility index (Phi) is 7.50. The largest absolute Gasteiger partial charge is 0.497 e. The van der Waals surface area contributed by atoms with E-state index in [0.717, 1.165) is 30.6 Å². The summed E-state index contributed by atoms with van der Waals surface area (Å²) in [6.45, 7) is 5.62. The Hall–Kier alpha value is -2.82. The van der Waals surface area contributed by atoms with Crippen molar-refractivity contribution in [1.29, 1.82) is 0 Å². The predicted octanol–water partition coefficient (Wildman–Crippen LogP) is 4.01. The molecule has 0 N–H and O–H groups in total. The average Bonchev–Trinajstić information content (AvgIpc) is 2.77. The maximum Gasteiger partial charge on any atom is 0.242 e. The second-order valence-electron chi connectivity index (χ2n) is 7.91. The van der Waals surface area contributed by atoms with Crippen LogP contribution in [0.5, 0.6) is 5.75 Å². The lowest BCUT2D eigenvalue weighted by atomic mass is 9.93. The minimum absolute atomic E-state index is 0.00738. The summed E-state index contributed by atoms with van der Waals surface area (Å²) < 4.78 is 5.18. The fourth-order valence-electron chi connectivity index (χ4n) is 4.04. The molecule has 0 bridgehead atoms. The summed E-state index contributed by atoms with van der Waals surface area (Å²) in [5, 5.41) is 0. The number of ether oxygens (including phenoxy) is 1. The van der Waals surface area contributed by atoms with E-state index in [4.69, 9.17) is 4.74 Å². The van der Waals surface area contributed by atoms with Crippen LogP contribution >= 0.6 is 0 Å². The number of hydrogen-bond donors (Lipinski definition) is 0. The molecule has 5 heteroatoms. The van der Waals surface area contributed by atoms with Crippen molar-refractivity contribution in [2.24, 2.45) is 0 Å². The molecule has 30 heavy (non-hydrogen) atoms. The van der Waals surface area contributed by atoms with Gasteiger partial charge in [0, 0.05) is 13.1 Å². The third-order valence-corrected chi connectivity index (χ3v) is 5.89. The Bertz CT molecular complexity index is 863. The first kappa shape index (κ1) is 21.9. The molecule has 0 aromatic heterocycles. The van der Waals surface area contributed by atoms with E-state index >= 15 is 0 Å². The van der Waals surface area contributed by atoms with Gasteiger partial charge in [-0.1, -0.05) is 49.7 Å². The van der Waals surface area contributed by atoms with Crippen LogP contribution in [-0.4, -0.2) is 48.4 Å². The highest BCUT2D eigenvalue weighted by Crippen LogP contribution is 2.29. The minimum atomic E-state index is -0.00738. The van der Waals surface area contributed by atoms with Gasteiger partial charge in [0.2, 0.25) is 11.8 Å². The van der Waals surface area contributed by atoms with E-state index in [2.05, 4.69) is 26.0 Å². The van der Waals surface area contributed by atoms with Gasteiger partial charge < -0.3 is 14.5 Å². The zero-order chi connectivity index (χ0) is 21.5. The van der Waals surface area contributed by atoms with Crippen molar-refractivity contribution < 1.29 is 14.3 Å². The van der Waals surface area contributed by atoms with Crippen LogP contribution in [0.1, 0.15) is 49.4 Å². The molecule has 2 aromatic rings. The van der Waals surface area contributed by atoms with Gasteiger partial charge in [0.15, 0.2) is 0 Å². The van der Waals surface area contributed by atoms with Crippen molar-refractivity contribution >= 4 is 11.8 Å². The van der Waals surface area contributed by atoms with E-state index in [-0.39, 0.29) is 24.4 Å². The van der Waals surface area contributed by atoms with E-state index < -0.39 is 0 Å². The van der Waals surface area contributed by atoms with Gasteiger partial charge in [-0.3, -0.25) is 9.59 Å². The number of unbranched alkanes of at least 4 members (excludes halogenated alkanes) is 1. The van der Waals surface area contributed by atoms with Crippen LogP contribution in [0.2, 0.25) is 0 Å². The Morgan fingerprint density at radius 2 is 1.87 bits per heavy atom. The zero-order valence-electron chi connectivity index (χ0n) is 18.3. The van der Waals surface area contributed by atoms with Crippen LogP contribution in [0.3, 0.4) is 0 Å². The van der Waals surface area contributed by atoms with Crippen LogP contribution in [0.4, 0.5) is 0 Å². The first-order chi connectivity index (χ1) is 14.5. The van der Waals surface area contributed by atoms with E-state index in [9.17, 15) is 9.59 Å². The van der Waals surface area contributed by atoms with Gasteiger partial charge in [0.05, 0.1) is 26.1 Å². The van der Waals surface area contributed by atoms with Crippen molar-refractivity contribution in [2.75, 3.05) is 26.7 Å². The second kappa shape index (κ2) is 10.3. The Morgan fingerprint density at radius 3 is 2.57 bits per heavy atom. The summed E-state index contributed by atoms with van der Waals surface area (Å²) in [6.07, 6.45) is 3.02. The van der Waals surface area contributed by atoms with Crippen LogP contribution in [0, 0.1) is 0 Å². The molecule has 0 radical (unpaired) electrons. The number of carbonyl (C=O) groups excluding carboxylic acids is 2. The quantitative estimate of drug-likeness (QED) is 0.663. The molecule has 160 valence electrons. The molecule has 1 aliphatic rings. The van der Waals surface area contributed by atoms with E-state index in [1.165, 1.54) is 11.1 Å². The summed E-state index contributed by atoms with van der Waals surface area (Å²) in [5.74, 6) is 0.784. The molecular formula is C25H32N2O3. The van der Waals surface area contributed by atoms with Crippen molar-refractivity contribution in [3.05, 3.63) is 65.2 Å².